The molecule has 1 aromatic carbocycles. The molecular weight excluding hydrogens is 302 g/mol. The Morgan fingerprint density at radius 2 is 2.04 bits per heavy atom. The number of para-hydroxylation sites is 1. The van der Waals surface area contributed by atoms with Gasteiger partial charge in [-0.15, -0.1) is 0 Å². The predicted octanol–water partition coefficient (Wildman–Crippen LogP) is 2.67. The normalized spacial score (nSPS) is 18.0. The van der Waals surface area contributed by atoms with E-state index in [1.54, 1.807) is 0 Å². The Labute approximate surface area is 143 Å². The lowest BCUT2D eigenvalue weighted by molar-refractivity contribution is -0.139. The van der Waals surface area contributed by atoms with Crippen LogP contribution in [0.4, 0.5) is 0 Å². The SMILES string of the molecule is Cc1nn(-c2ccccc2)c(C)c1CCC(=O)N1CCOC[C@@H]1C. The van der Waals surface area contributed by atoms with E-state index >= 15 is 0 Å². The largest absolute Gasteiger partial charge is 0.377 e. The summed E-state index contributed by atoms with van der Waals surface area (Å²) in [5.74, 6) is 0.206. The summed E-state index contributed by atoms with van der Waals surface area (Å²) in [6.45, 7) is 8.10. The Bertz CT molecular complexity index is 709. The molecule has 1 fully saturated rings. The van der Waals surface area contributed by atoms with Crippen molar-refractivity contribution in [2.75, 3.05) is 19.8 Å². The van der Waals surface area contributed by atoms with E-state index in [0.717, 1.165) is 23.5 Å². The van der Waals surface area contributed by atoms with Crippen molar-refractivity contribution in [3.8, 4) is 5.69 Å². The van der Waals surface area contributed by atoms with Gasteiger partial charge in [-0.2, -0.15) is 5.10 Å². The molecule has 1 amide bonds. The summed E-state index contributed by atoms with van der Waals surface area (Å²) in [5.41, 5.74) is 4.34. The van der Waals surface area contributed by atoms with Gasteiger partial charge in [-0.1, -0.05) is 18.2 Å². The van der Waals surface area contributed by atoms with Crippen LogP contribution in [0.2, 0.25) is 0 Å². The van der Waals surface area contributed by atoms with Crippen molar-refractivity contribution >= 4 is 5.91 Å². The third-order valence-electron chi connectivity index (χ3n) is 4.72. The Hall–Kier alpha value is -2.14. The van der Waals surface area contributed by atoms with Gasteiger partial charge >= 0.3 is 0 Å². The molecule has 0 unspecified atom stereocenters. The quantitative estimate of drug-likeness (QED) is 0.867. The molecule has 1 aliphatic heterocycles. The Morgan fingerprint density at radius 1 is 1.29 bits per heavy atom. The van der Waals surface area contributed by atoms with E-state index in [0.29, 0.717) is 26.2 Å². The maximum absolute atomic E-state index is 12.5. The summed E-state index contributed by atoms with van der Waals surface area (Å²) < 4.78 is 7.37. The van der Waals surface area contributed by atoms with Gasteiger partial charge in [0.2, 0.25) is 5.91 Å². The van der Waals surface area contributed by atoms with Crippen molar-refractivity contribution < 1.29 is 9.53 Å². The summed E-state index contributed by atoms with van der Waals surface area (Å²) in [4.78, 5) is 14.5. The van der Waals surface area contributed by atoms with E-state index in [2.05, 4.69) is 12.0 Å². The average molecular weight is 327 g/mol. The van der Waals surface area contributed by atoms with Crippen LogP contribution in [0.25, 0.3) is 5.69 Å². The fourth-order valence-corrected chi connectivity index (χ4v) is 3.33. The van der Waals surface area contributed by atoms with Crippen LogP contribution in [0, 0.1) is 13.8 Å². The lowest BCUT2D eigenvalue weighted by atomic mass is 10.1. The minimum absolute atomic E-state index is 0.167. The van der Waals surface area contributed by atoms with Crippen molar-refractivity contribution in [1.29, 1.82) is 0 Å². The van der Waals surface area contributed by atoms with Crippen molar-refractivity contribution in [1.82, 2.24) is 14.7 Å². The molecule has 0 N–H and O–H groups in total. The minimum atomic E-state index is 0.167. The second-order valence-corrected chi connectivity index (χ2v) is 6.41. The van der Waals surface area contributed by atoms with Crippen LogP contribution in [0.3, 0.4) is 0 Å². The van der Waals surface area contributed by atoms with Crippen molar-refractivity contribution in [2.24, 2.45) is 0 Å². The fraction of sp³-hybridized carbons (Fsp3) is 0.474. The van der Waals surface area contributed by atoms with Crippen molar-refractivity contribution in [2.45, 2.75) is 39.7 Å². The number of benzene rings is 1. The molecule has 5 nitrogen and oxygen atoms in total. The van der Waals surface area contributed by atoms with Gasteiger partial charge in [0.15, 0.2) is 0 Å². The first kappa shape index (κ1) is 16.7. The minimum Gasteiger partial charge on any atom is -0.377 e. The lowest BCUT2D eigenvalue weighted by Crippen LogP contribution is -2.47. The Kier molecular flexibility index (Phi) is 5.00. The monoisotopic (exact) mass is 327 g/mol. The molecule has 1 saturated heterocycles. The summed E-state index contributed by atoms with van der Waals surface area (Å²) in [7, 11) is 0. The van der Waals surface area contributed by atoms with Crippen LogP contribution in [-0.2, 0) is 16.0 Å². The number of hydrogen-bond donors (Lipinski definition) is 0. The summed E-state index contributed by atoms with van der Waals surface area (Å²) >= 11 is 0. The van der Waals surface area contributed by atoms with E-state index in [-0.39, 0.29) is 11.9 Å². The smallest absolute Gasteiger partial charge is 0.223 e. The average Bonchev–Trinajstić information content (AvgIpc) is 2.88. The van der Waals surface area contributed by atoms with Crippen LogP contribution in [-0.4, -0.2) is 46.4 Å². The number of carbonyl (C=O) groups excluding carboxylic acids is 1. The number of rotatable bonds is 4. The maximum atomic E-state index is 12.5. The highest BCUT2D eigenvalue weighted by molar-refractivity contribution is 5.77. The number of hydrogen-bond acceptors (Lipinski definition) is 3. The number of aromatic nitrogens is 2. The molecule has 0 spiro atoms. The van der Waals surface area contributed by atoms with Gasteiger partial charge < -0.3 is 9.64 Å². The Morgan fingerprint density at radius 3 is 2.75 bits per heavy atom. The molecule has 128 valence electrons. The van der Waals surface area contributed by atoms with Crippen LogP contribution >= 0.6 is 0 Å². The first-order valence-corrected chi connectivity index (χ1v) is 8.55. The second kappa shape index (κ2) is 7.18. The number of amides is 1. The van der Waals surface area contributed by atoms with E-state index in [1.165, 1.54) is 5.56 Å². The topological polar surface area (TPSA) is 47.4 Å². The number of ether oxygens (including phenoxy) is 1. The lowest BCUT2D eigenvalue weighted by Gasteiger charge is -2.33. The zero-order valence-electron chi connectivity index (χ0n) is 14.7. The van der Waals surface area contributed by atoms with Gasteiger partial charge in [-0.3, -0.25) is 4.79 Å². The van der Waals surface area contributed by atoms with Crippen molar-refractivity contribution in [3.63, 3.8) is 0 Å². The van der Waals surface area contributed by atoms with Crippen LogP contribution in [0.5, 0.6) is 0 Å². The molecular formula is C19H25N3O2. The molecule has 2 aromatic rings. The van der Waals surface area contributed by atoms with Crippen LogP contribution in [0.15, 0.2) is 30.3 Å². The number of aryl methyl sites for hydroxylation is 1. The van der Waals surface area contributed by atoms with Crippen LogP contribution < -0.4 is 0 Å². The van der Waals surface area contributed by atoms with Gasteiger partial charge in [0.05, 0.1) is 30.6 Å². The van der Waals surface area contributed by atoms with E-state index < -0.39 is 0 Å². The molecule has 0 saturated carbocycles. The highest BCUT2D eigenvalue weighted by Gasteiger charge is 2.24. The second-order valence-electron chi connectivity index (χ2n) is 6.41. The maximum Gasteiger partial charge on any atom is 0.223 e. The third kappa shape index (κ3) is 3.36. The van der Waals surface area contributed by atoms with Crippen molar-refractivity contribution in [3.05, 3.63) is 47.3 Å². The molecule has 1 aromatic heterocycles. The molecule has 1 aliphatic rings. The van der Waals surface area contributed by atoms with Crippen LogP contribution in [0.1, 0.15) is 30.3 Å². The molecule has 0 aliphatic carbocycles. The zero-order chi connectivity index (χ0) is 17.1. The molecule has 0 bridgehead atoms. The van der Waals surface area contributed by atoms with E-state index in [4.69, 9.17) is 4.74 Å². The highest BCUT2D eigenvalue weighted by atomic mass is 16.5. The first-order chi connectivity index (χ1) is 11.6. The zero-order valence-corrected chi connectivity index (χ0v) is 14.7. The first-order valence-electron chi connectivity index (χ1n) is 8.55. The standard InChI is InChI=1S/C19H25N3O2/c1-14-13-24-12-11-21(14)19(23)10-9-18-15(2)20-22(16(18)3)17-7-5-4-6-8-17/h4-8,14H,9-13H2,1-3H3/t14-/m0/s1. The number of nitrogens with zero attached hydrogens (tertiary/aromatic N) is 3. The van der Waals surface area contributed by atoms with Gasteiger partial charge in [-0.05, 0) is 44.9 Å². The van der Waals surface area contributed by atoms with E-state index in [1.807, 2.05) is 53.8 Å². The summed E-state index contributed by atoms with van der Waals surface area (Å²) in [6.07, 6.45) is 1.25. The predicted molar refractivity (Wildman–Crippen MR) is 93.4 cm³/mol. The number of morpholine rings is 1. The van der Waals surface area contributed by atoms with Gasteiger partial charge in [0.25, 0.3) is 0 Å². The van der Waals surface area contributed by atoms with Gasteiger partial charge in [0, 0.05) is 18.7 Å². The molecule has 0 radical (unpaired) electrons. The molecule has 3 rings (SSSR count). The van der Waals surface area contributed by atoms with Gasteiger partial charge in [0.1, 0.15) is 0 Å². The fourth-order valence-electron chi connectivity index (χ4n) is 3.33. The summed E-state index contributed by atoms with van der Waals surface area (Å²) in [6, 6.07) is 10.3. The number of carbonyl (C=O) groups is 1. The highest BCUT2D eigenvalue weighted by Crippen LogP contribution is 2.20. The molecule has 5 heteroatoms. The molecule has 1 atom stereocenters. The third-order valence-corrected chi connectivity index (χ3v) is 4.72. The molecule has 2 heterocycles. The Balaban J connectivity index is 1.72. The summed E-state index contributed by atoms with van der Waals surface area (Å²) in [5, 5.41) is 4.66. The molecule has 24 heavy (non-hydrogen) atoms. The van der Waals surface area contributed by atoms with E-state index in [9.17, 15) is 4.79 Å². The van der Waals surface area contributed by atoms with Gasteiger partial charge in [-0.25, -0.2) is 4.68 Å².